The molecule has 0 aliphatic heterocycles. The van der Waals surface area contributed by atoms with Crippen molar-refractivity contribution in [3.05, 3.63) is 12.2 Å². The van der Waals surface area contributed by atoms with Gasteiger partial charge in [0.1, 0.15) is 6.61 Å². The van der Waals surface area contributed by atoms with Gasteiger partial charge < -0.3 is 14.6 Å². The Hall–Kier alpha value is -1.69. The van der Waals surface area contributed by atoms with E-state index in [0.29, 0.717) is 5.57 Å². The van der Waals surface area contributed by atoms with Crippen LogP contribution in [0.2, 0.25) is 0 Å². The number of rotatable bonds is 10. The molecule has 0 aliphatic rings. The fraction of sp³-hybridized carbons (Fsp3) is 0.583. The van der Waals surface area contributed by atoms with Gasteiger partial charge in [0.05, 0.1) is 26.1 Å². The largest absolute Gasteiger partial charge is 0.481 e. The second-order valence-electron chi connectivity index (χ2n) is 3.68. The Morgan fingerprint density at radius 2 is 1.72 bits per heavy atom. The quantitative estimate of drug-likeness (QED) is 0.356. The average Bonchev–Trinajstić information content (AvgIpc) is 2.30. The summed E-state index contributed by atoms with van der Waals surface area (Å²) in [5, 5.41) is 8.33. The molecule has 1 N–H and O–H groups in total. The molecule has 102 valence electrons. The maximum atomic E-state index is 11.1. The first kappa shape index (κ1) is 16.3. The highest BCUT2D eigenvalue weighted by Gasteiger charge is 2.06. The number of hydrogen-bond donors (Lipinski definition) is 1. The van der Waals surface area contributed by atoms with Gasteiger partial charge in [-0.1, -0.05) is 6.58 Å². The number of allylic oxidation sites excluding steroid dienone is 1. The molecular weight excluding hydrogens is 240 g/mol. The Bertz CT molecular complexity index is 321. The molecule has 0 radical (unpaired) electrons. The smallest absolute Gasteiger partial charge is 0.306 e. The molecule has 0 aromatic rings. The normalized spacial score (nSPS) is 9.83. The zero-order chi connectivity index (χ0) is 14.0. The SMILES string of the molecule is C=C(C)C(=O)CCOCCOC(=O)CCC(=O)O. The van der Waals surface area contributed by atoms with Gasteiger partial charge in [-0.3, -0.25) is 14.4 Å². The number of ether oxygens (including phenoxy) is 2. The van der Waals surface area contributed by atoms with Crippen molar-refractivity contribution in [2.75, 3.05) is 19.8 Å². The van der Waals surface area contributed by atoms with Crippen molar-refractivity contribution in [2.24, 2.45) is 0 Å². The summed E-state index contributed by atoms with van der Waals surface area (Å²) in [6.45, 7) is 5.62. The molecule has 0 fully saturated rings. The van der Waals surface area contributed by atoms with Crippen LogP contribution in [0.1, 0.15) is 26.2 Å². The minimum Gasteiger partial charge on any atom is -0.481 e. The number of esters is 1. The molecular formula is C12H18O6. The molecule has 0 rings (SSSR count). The van der Waals surface area contributed by atoms with Gasteiger partial charge >= 0.3 is 11.9 Å². The minimum absolute atomic E-state index is 0.0553. The predicted molar refractivity (Wildman–Crippen MR) is 63.1 cm³/mol. The van der Waals surface area contributed by atoms with Crippen LogP contribution in [0.15, 0.2) is 12.2 Å². The van der Waals surface area contributed by atoms with E-state index in [1.54, 1.807) is 6.92 Å². The number of Topliss-reactive ketones (excluding diaryl/α,β-unsaturated/α-hetero) is 1. The van der Waals surface area contributed by atoms with Crippen LogP contribution >= 0.6 is 0 Å². The van der Waals surface area contributed by atoms with E-state index < -0.39 is 11.9 Å². The van der Waals surface area contributed by atoms with E-state index in [0.717, 1.165) is 0 Å². The van der Waals surface area contributed by atoms with Crippen molar-refractivity contribution in [1.29, 1.82) is 0 Å². The second kappa shape index (κ2) is 9.35. The Kier molecular flexibility index (Phi) is 8.47. The van der Waals surface area contributed by atoms with Crippen molar-refractivity contribution in [1.82, 2.24) is 0 Å². The van der Waals surface area contributed by atoms with Crippen LogP contribution in [-0.4, -0.2) is 42.6 Å². The monoisotopic (exact) mass is 258 g/mol. The highest BCUT2D eigenvalue weighted by atomic mass is 16.6. The number of hydrogen-bond acceptors (Lipinski definition) is 5. The third-order valence-electron chi connectivity index (χ3n) is 1.98. The molecule has 0 aromatic heterocycles. The summed E-state index contributed by atoms with van der Waals surface area (Å²) in [4.78, 5) is 32.2. The molecule has 0 atom stereocenters. The summed E-state index contributed by atoms with van der Waals surface area (Å²) in [7, 11) is 0. The summed E-state index contributed by atoms with van der Waals surface area (Å²) in [6, 6.07) is 0. The van der Waals surface area contributed by atoms with E-state index >= 15 is 0 Å². The van der Waals surface area contributed by atoms with Crippen molar-refractivity contribution in [3.8, 4) is 0 Å². The Balaban J connectivity index is 3.40. The van der Waals surface area contributed by atoms with Crippen LogP contribution in [0.25, 0.3) is 0 Å². The fourth-order valence-corrected chi connectivity index (χ4v) is 0.976. The van der Waals surface area contributed by atoms with E-state index in [1.165, 1.54) is 0 Å². The molecule has 0 bridgehead atoms. The summed E-state index contributed by atoms with van der Waals surface area (Å²) in [5.41, 5.74) is 0.485. The van der Waals surface area contributed by atoms with Crippen LogP contribution < -0.4 is 0 Å². The number of ketones is 1. The van der Waals surface area contributed by atoms with Gasteiger partial charge in [0.2, 0.25) is 0 Å². The van der Waals surface area contributed by atoms with Gasteiger partial charge in [-0.2, -0.15) is 0 Å². The van der Waals surface area contributed by atoms with E-state index in [1.807, 2.05) is 0 Å². The van der Waals surface area contributed by atoms with Crippen molar-refractivity contribution in [3.63, 3.8) is 0 Å². The molecule has 0 saturated carbocycles. The fourth-order valence-electron chi connectivity index (χ4n) is 0.976. The highest BCUT2D eigenvalue weighted by Crippen LogP contribution is 1.96. The third kappa shape index (κ3) is 9.53. The van der Waals surface area contributed by atoms with Crippen molar-refractivity contribution < 1.29 is 29.0 Å². The number of carbonyl (C=O) groups excluding carboxylic acids is 2. The molecule has 0 aliphatic carbocycles. The van der Waals surface area contributed by atoms with Crippen LogP contribution in [0.5, 0.6) is 0 Å². The van der Waals surface area contributed by atoms with Crippen molar-refractivity contribution in [2.45, 2.75) is 26.2 Å². The first-order valence-electron chi connectivity index (χ1n) is 5.57. The number of aliphatic carboxylic acids is 1. The summed E-state index contributed by atoms with van der Waals surface area (Å²) in [6.07, 6.45) is -0.140. The Labute approximate surface area is 106 Å². The first-order chi connectivity index (χ1) is 8.43. The number of carboxylic acid groups (broad SMARTS) is 1. The maximum absolute atomic E-state index is 11.1. The minimum atomic E-state index is -1.04. The van der Waals surface area contributed by atoms with Crippen LogP contribution in [0.4, 0.5) is 0 Å². The molecule has 0 saturated heterocycles. The summed E-state index contributed by atoms with van der Waals surface area (Å²) >= 11 is 0. The van der Waals surface area contributed by atoms with Gasteiger partial charge in [-0.05, 0) is 12.5 Å². The maximum Gasteiger partial charge on any atom is 0.306 e. The molecule has 0 unspecified atom stereocenters. The lowest BCUT2D eigenvalue weighted by Crippen LogP contribution is -2.13. The lowest BCUT2D eigenvalue weighted by molar-refractivity contribution is -0.148. The van der Waals surface area contributed by atoms with E-state index in [2.05, 4.69) is 6.58 Å². The molecule has 0 amide bonds. The van der Waals surface area contributed by atoms with Gasteiger partial charge in [0.25, 0.3) is 0 Å². The Morgan fingerprint density at radius 3 is 2.28 bits per heavy atom. The number of carbonyl (C=O) groups is 3. The lowest BCUT2D eigenvalue weighted by Gasteiger charge is -2.05. The van der Waals surface area contributed by atoms with Crippen LogP contribution in [0.3, 0.4) is 0 Å². The zero-order valence-electron chi connectivity index (χ0n) is 10.4. The topological polar surface area (TPSA) is 89.9 Å². The number of carboxylic acids is 1. The highest BCUT2D eigenvalue weighted by molar-refractivity contribution is 5.94. The van der Waals surface area contributed by atoms with Gasteiger partial charge in [-0.25, -0.2) is 0 Å². The van der Waals surface area contributed by atoms with Gasteiger partial charge in [0, 0.05) is 6.42 Å². The lowest BCUT2D eigenvalue weighted by atomic mass is 10.2. The van der Waals surface area contributed by atoms with Gasteiger partial charge in [0.15, 0.2) is 5.78 Å². The molecule has 0 aromatic carbocycles. The van der Waals surface area contributed by atoms with E-state index in [-0.39, 0.29) is 44.9 Å². The third-order valence-corrected chi connectivity index (χ3v) is 1.98. The molecule has 0 spiro atoms. The Morgan fingerprint density at radius 1 is 1.06 bits per heavy atom. The summed E-state index contributed by atoms with van der Waals surface area (Å²) in [5.74, 6) is -1.67. The van der Waals surface area contributed by atoms with E-state index in [4.69, 9.17) is 14.6 Å². The average molecular weight is 258 g/mol. The molecule has 18 heavy (non-hydrogen) atoms. The van der Waals surface area contributed by atoms with Gasteiger partial charge in [-0.15, -0.1) is 0 Å². The summed E-state index contributed by atoms with van der Waals surface area (Å²) < 4.78 is 9.79. The molecule has 0 heterocycles. The van der Waals surface area contributed by atoms with Crippen LogP contribution in [-0.2, 0) is 23.9 Å². The predicted octanol–water partition coefficient (Wildman–Crippen LogP) is 0.946. The zero-order valence-corrected chi connectivity index (χ0v) is 10.4. The van der Waals surface area contributed by atoms with Crippen LogP contribution in [0, 0.1) is 0 Å². The van der Waals surface area contributed by atoms with Crippen molar-refractivity contribution >= 4 is 17.7 Å². The molecule has 6 nitrogen and oxygen atoms in total. The standard InChI is InChI=1S/C12H18O6/c1-9(2)10(13)5-6-17-7-8-18-12(16)4-3-11(14)15/h1,3-8H2,2H3,(H,14,15). The second-order valence-corrected chi connectivity index (χ2v) is 3.68. The first-order valence-corrected chi connectivity index (χ1v) is 5.57. The van der Waals surface area contributed by atoms with E-state index in [9.17, 15) is 14.4 Å². The molecule has 6 heteroatoms.